The second-order valence-electron chi connectivity index (χ2n) is 10.8. The van der Waals surface area contributed by atoms with Gasteiger partial charge in [0, 0.05) is 16.8 Å². The van der Waals surface area contributed by atoms with Crippen molar-refractivity contribution >= 4 is 35.0 Å². The number of amides is 2. The van der Waals surface area contributed by atoms with Gasteiger partial charge >= 0.3 is 0 Å². The molecule has 39 heavy (non-hydrogen) atoms. The number of primary amides is 1. The van der Waals surface area contributed by atoms with Crippen molar-refractivity contribution in [3.63, 3.8) is 0 Å². The van der Waals surface area contributed by atoms with E-state index in [-0.39, 0.29) is 23.3 Å². The average Bonchev–Trinajstić information content (AvgIpc) is 3.63. The molecule has 1 aromatic heterocycles. The number of nitrogens with zero attached hydrogens (tertiary/aromatic N) is 2. The van der Waals surface area contributed by atoms with Gasteiger partial charge in [0.1, 0.15) is 5.82 Å². The molecular formula is C29H28Cl2FN3O4. The Balaban J connectivity index is 1.79. The lowest BCUT2D eigenvalue weighted by molar-refractivity contribution is -0.147. The van der Waals surface area contributed by atoms with Crippen molar-refractivity contribution < 1.29 is 23.8 Å². The summed E-state index contributed by atoms with van der Waals surface area (Å²) in [5, 5.41) is 11.5. The molecule has 2 aromatic carbocycles. The van der Waals surface area contributed by atoms with E-state index in [1.807, 2.05) is 0 Å². The minimum atomic E-state index is -1.80. The van der Waals surface area contributed by atoms with Crippen molar-refractivity contribution in [1.29, 1.82) is 0 Å². The Morgan fingerprint density at radius 3 is 2.36 bits per heavy atom. The Labute approximate surface area is 235 Å². The fourth-order valence-electron chi connectivity index (χ4n) is 5.12. The van der Waals surface area contributed by atoms with E-state index in [1.54, 1.807) is 43.3 Å². The topological polar surface area (TPSA) is 106 Å². The van der Waals surface area contributed by atoms with Gasteiger partial charge in [-0.25, -0.2) is 4.39 Å². The van der Waals surface area contributed by atoms with Crippen LogP contribution in [0.4, 0.5) is 4.39 Å². The first-order valence-electron chi connectivity index (χ1n) is 12.5. The van der Waals surface area contributed by atoms with Crippen LogP contribution in [-0.4, -0.2) is 33.4 Å². The Morgan fingerprint density at radius 2 is 1.82 bits per heavy atom. The van der Waals surface area contributed by atoms with Gasteiger partial charge in [-0.1, -0.05) is 35.3 Å². The van der Waals surface area contributed by atoms with Crippen LogP contribution >= 0.6 is 23.2 Å². The molecule has 0 saturated heterocycles. The van der Waals surface area contributed by atoms with Gasteiger partial charge in [0.25, 0.3) is 5.91 Å². The molecular weight excluding hydrogens is 544 g/mol. The first-order chi connectivity index (χ1) is 18.3. The van der Waals surface area contributed by atoms with E-state index in [0.29, 0.717) is 34.1 Å². The molecule has 2 atom stereocenters. The Morgan fingerprint density at radius 1 is 1.18 bits per heavy atom. The highest BCUT2D eigenvalue weighted by Crippen LogP contribution is 2.54. The van der Waals surface area contributed by atoms with Crippen LogP contribution in [0.1, 0.15) is 72.4 Å². The lowest BCUT2D eigenvalue weighted by Gasteiger charge is -2.43. The number of fused-ring (bicyclic) bond motifs is 1. The predicted molar refractivity (Wildman–Crippen MR) is 145 cm³/mol. The highest BCUT2D eigenvalue weighted by molar-refractivity contribution is 6.30. The quantitative estimate of drug-likeness (QED) is 0.373. The van der Waals surface area contributed by atoms with Gasteiger partial charge in [0.2, 0.25) is 11.6 Å². The monoisotopic (exact) mass is 571 g/mol. The van der Waals surface area contributed by atoms with Gasteiger partial charge in [-0.2, -0.15) is 0 Å². The minimum Gasteiger partial charge on any atom is -0.386 e. The summed E-state index contributed by atoms with van der Waals surface area (Å²) < 4.78 is 22.9. The summed E-state index contributed by atoms with van der Waals surface area (Å²) in [4.78, 5) is 32.4. The molecule has 204 valence electrons. The Hall–Kier alpha value is -3.04. The van der Waals surface area contributed by atoms with Gasteiger partial charge in [-0.3, -0.25) is 19.5 Å². The molecule has 3 N–H and O–H groups in total. The van der Waals surface area contributed by atoms with Crippen LogP contribution in [-0.2, 0) is 20.9 Å². The van der Waals surface area contributed by atoms with E-state index in [2.05, 4.69) is 4.98 Å². The molecule has 1 saturated carbocycles. The zero-order valence-corrected chi connectivity index (χ0v) is 23.2. The molecule has 1 aliphatic heterocycles. The highest BCUT2D eigenvalue weighted by atomic mass is 35.5. The highest BCUT2D eigenvalue weighted by Gasteiger charge is 2.59. The van der Waals surface area contributed by atoms with Crippen LogP contribution in [0.15, 0.2) is 54.7 Å². The van der Waals surface area contributed by atoms with Crippen molar-refractivity contribution in [3.8, 4) is 0 Å². The number of aliphatic hydroxyl groups is 1. The van der Waals surface area contributed by atoms with Crippen LogP contribution in [0.2, 0.25) is 10.0 Å². The molecule has 2 amide bonds. The Bertz CT molecular complexity index is 1450. The van der Waals surface area contributed by atoms with Gasteiger partial charge in [-0.05, 0) is 75.6 Å². The zero-order chi connectivity index (χ0) is 28.3. The lowest BCUT2D eigenvalue weighted by Crippen LogP contribution is -2.50. The van der Waals surface area contributed by atoms with Crippen LogP contribution in [0, 0.1) is 11.2 Å². The van der Waals surface area contributed by atoms with E-state index in [0.717, 1.165) is 0 Å². The van der Waals surface area contributed by atoms with Gasteiger partial charge in [0.15, 0.2) is 0 Å². The summed E-state index contributed by atoms with van der Waals surface area (Å²) in [6.45, 7) is 4.64. The first-order valence-corrected chi connectivity index (χ1v) is 13.3. The third kappa shape index (κ3) is 4.59. The maximum atomic E-state index is 16.3. The fourth-order valence-corrected chi connectivity index (χ4v) is 5.36. The van der Waals surface area contributed by atoms with Gasteiger partial charge < -0.3 is 15.6 Å². The molecule has 1 aliphatic carbocycles. The van der Waals surface area contributed by atoms with Crippen LogP contribution < -0.4 is 5.73 Å². The predicted octanol–water partition coefficient (Wildman–Crippen LogP) is 5.46. The van der Waals surface area contributed by atoms with Crippen molar-refractivity contribution in [1.82, 2.24) is 9.88 Å². The van der Waals surface area contributed by atoms with Crippen LogP contribution in [0.5, 0.6) is 0 Å². The molecule has 0 radical (unpaired) electrons. The largest absolute Gasteiger partial charge is 0.386 e. The standard InChI is InChI=1S/C29H28Cl2FN3O4/c1-16(23-9-8-20(31)14-34-23)35-25(36)21-12-18(27(2,3)38)13-22(32)24(21)29(35,17-4-6-19(30)7-5-17)39-15-28(10-11-28)26(33)37/h4-9,12-14,16,38H,10-11,15H2,1-3H3,(H2,33,37)/t16-,29?/m0/s1. The Kier molecular flexibility index (Phi) is 6.74. The number of ether oxygens (including phenoxy) is 1. The summed E-state index contributed by atoms with van der Waals surface area (Å²) >= 11 is 12.3. The van der Waals surface area contributed by atoms with E-state index < -0.39 is 40.4 Å². The smallest absolute Gasteiger partial charge is 0.257 e. The van der Waals surface area contributed by atoms with Crippen LogP contribution in [0.25, 0.3) is 0 Å². The normalized spacial score (nSPS) is 20.6. The lowest BCUT2D eigenvalue weighted by atomic mass is 9.88. The minimum absolute atomic E-state index is 0.0242. The summed E-state index contributed by atoms with van der Waals surface area (Å²) in [6.07, 6.45) is 2.51. The molecule has 5 rings (SSSR count). The number of benzene rings is 2. The number of aromatic nitrogens is 1. The first kappa shape index (κ1) is 27.5. The number of rotatable bonds is 8. The average molecular weight is 572 g/mol. The molecule has 1 unspecified atom stereocenters. The number of hydrogen-bond donors (Lipinski definition) is 2. The van der Waals surface area contributed by atoms with Crippen molar-refractivity contribution in [2.24, 2.45) is 11.1 Å². The van der Waals surface area contributed by atoms with Gasteiger partial charge in [0.05, 0.1) is 45.5 Å². The third-order valence-corrected chi connectivity index (χ3v) is 8.13. The van der Waals surface area contributed by atoms with E-state index in [9.17, 15) is 14.7 Å². The summed E-state index contributed by atoms with van der Waals surface area (Å²) in [5.74, 6) is -1.79. The van der Waals surface area contributed by atoms with Gasteiger partial charge in [-0.15, -0.1) is 0 Å². The van der Waals surface area contributed by atoms with E-state index in [1.165, 1.54) is 37.1 Å². The number of nitrogens with two attached hydrogens (primary N) is 1. The zero-order valence-electron chi connectivity index (χ0n) is 21.7. The number of pyridine rings is 1. The van der Waals surface area contributed by atoms with Crippen molar-refractivity contribution in [2.45, 2.75) is 51.0 Å². The number of hydrogen-bond acceptors (Lipinski definition) is 5. The molecule has 0 spiro atoms. The number of carbonyl (C=O) groups excluding carboxylic acids is 2. The maximum absolute atomic E-state index is 16.3. The maximum Gasteiger partial charge on any atom is 0.257 e. The molecule has 7 nitrogen and oxygen atoms in total. The third-order valence-electron chi connectivity index (χ3n) is 7.66. The molecule has 0 bridgehead atoms. The fraction of sp³-hybridized carbons (Fsp3) is 0.345. The molecule has 2 aliphatic rings. The van der Waals surface area contributed by atoms with E-state index >= 15 is 4.39 Å². The molecule has 3 aromatic rings. The van der Waals surface area contributed by atoms with Crippen LogP contribution in [0.3, 0.4) is 0 Å². The molecule has 1 fully saturated rings. The van der Waals surface area contributed by atoms with Crippen molar-refractivity contribution in [3.05, 3.63) is 98.5 Å². The molecule has 2 heterocycles. The SMILES string of the molecule is C[C@@H](c1ccc(Cl)cn1)N1C(=O)c2cc(C(C)(C)O)cc(F)c2C1(OCC1(C(N)=O)CC1)c1ccc(Cl)cc1. The van der Waals surface area contributed by atoms with E-state index in [4.69, 9.17) is 33.7 Å². The summed E-state index contributed by atoms with van der Waals surface area (Å²) in [5.41, 5.74) is 2.72. The second-order valence-corrected chi connectivity index (χ2v) is 11.6. The number of halogens is 3. The number of carbonyl (C=O) groups is 2. The summed E-state index contributed by atoms with van der Waals surface area (Å²) in [7, 11) is 0. The molecule has 10 heteroatoms. The van der Waals surface area contributed by atoms with Crippen molar-refractivity contribution in [2.75, 3.05) is 6.61 Å². The second kappa shape index (κ2) is 9.55. The summed E-state index contributed by atoms with van der Waals surface area (Å²) in [6, 6.07) is 11.9.